The second kappa shape index (κ2) is 6.26. The van der Waals surface area contributed by atoms with Gasteiger partial charge in [-0.1, -0.05) is 36.4 Å². The molecule has 0 unspecified atom stereocenters. The Kier molecular flexibility index (Phi) is 3.75. The van der Waals surface area contributed by atoms with Gasteiger partial charge in [-0.3, -0.25) is 0 Å². The summed E-state index contributed by atoms with van der Waals surface area (Å²) in [5.74, 6) is 4.00. The minimum Gasteiger partial charge on any atom is -0.508 e. The lowest BCUT2D eigenvalue weighted by Crippen LogP contribution is -2.48. The van der Waals surface area contributed by atoms with E-state index in [-0.39, 0.29) is 5.41 Å². The smallest absolute Gasteiger partial charge is 0.126 e. The standard InChI is InChI=1S/C27H28O2/c1-29-26-9-7-21(22-4-2-3-5-23(22)26)20-6-8-25(28)24(13-20)27-14-17-10-18(15-27)12-19(11-17)16-27/h2-9,13,17-19,28H,10-12,14-16H2,1H3. The van der Waals surface area contributed by atoms with E-state index >= 15 is 0 Å². The highest BCUT2D eigenvalue weighted by Gasteiger charge is 2.52. The lowest BCUT2D eigenvalue weighted by atomic mass is 9.48. The molecule has 0 heterocycles. The van der Waals surface area contributed by atoms with Crippen molar-refractivity contribution >= 4 is 10.8 Å². The zero-order valence-corrected chi connectivity index (χ0v) is 17.0. The van der Waals surface area contributed by atoms with Gasteiger partial charge in [-0.05, 0) is 96.4 Å². The van der Waals surface area contributed by atoms with Gasteiger partial charge in [0.15, 0.2) is 0 Å². The van der Waals surface area contributed by atoms with Crippen molar-refractivity contribution in [2.45, 2.75) is 43.9 Å². The van der Waals surface area contributed by atoms with Gasteiger partial charge in [0, 0.05) is 10.9 Å². The molecule has 3 aromatic rings. The molecule has 2 nitrogen and oxygen atoms in total. The van der Waals surface area contributed by atoms with Crippen LogP contribution in [0.2, 0.25) is 0 Å². The fourth-order valence-electron chi connectivity index (χ4n) is 7.27. The molecule has 0 spiro atoms. The first-order valence-electron chi connectivity index (χ1n) is 11.0. The Hall–Kier alpha value is -2.48. The van der Waals surface area contributed by atoms with Crippen molar-refractivity contribution in [1.29, 1.82) is 0 Å². The minimum absolute atomic E-state index is 0.192. The SMILES string of the molecule is COc1ccc(-c2ccc(O)c(C34CC5CC(CC(C5)C3)C4)c2)c2ccccc12. The van der Waals surface area contributed by atoms with Crippen molar-refractivity contribution in [3.63, 3.8) is 0 Å². The zero-order valence-electron chi connectivity index (χ0n) is 17.0. The predicted molar refractivity (Wildman–Crippen MR) is 117 cm³/mol. The number of methoxy groups -OCH3 is 1. The predicted octanol–water partition coefficient (Wildman–Crippen LogP) is 6.69. The van der Waals surface area contributed by atoms with E-state index < -0.39 is 0 Å². The molecule has 0 saturated heterocycles. The van der Waals surface area contributed by atoms with E-state index in [1.165, 1.54) is 60.6 Å². The van der Waals surface area contributed by atoms with Crippen LogP contribution in [0.3, 0.4) is 0 Å². The number of aromatic hydroxyl groups is 1. The van der Waals surface area contributed by atoms with E-state index in [1.54, 1.807) is 7.11 Å². The third-order valence-electron chi connectivity index (χ3n) is 8.02. The summed E-state index contributed by atoms with van der Waals surface area (Å²) < 4.78 is 5.59. The van der Waals surface area contributed by atoms with Gasteiger partial charge < -0.3 is 9.84 Å². The maximum atomic E-state index is 10.9. The molecule has 148 valence electrons. The van der Waals surface area contributed by atoms with Crippen LogP contribution in [0.1, 0.15) is 44.1 Å². The molecular formula is C27H28O2. The molecule has 4 aliphatic rings. The molecule has 3 aromatic carbocycles. The van der Waals surface area contributed by atoms with E-state index in [4.69, 9.17) is 4.74 Å². The van der Waals surface area contributed by atoms with Crippen LogP contribution in [0.15, 0.2) is 54.6 Å². The fourth-order valence-corrected chi connectivity index (χ4v) is 7.27. The normalized spacial score (nSPS) is 30.0. The zero-order chi connectivity index (χ0) is 19.6. The quantitative estimate of drug-likeness (QED) is 0.545. The maximum Gasteiger partial charge on any atom is 0.126 e. The van der Waals surface area contributed by atoms with Gasteiger partial charge in [0.05, 0.1) is 7.11 Å². The van der Waals surface area contributed by atoms with Gasteiger partial charge in [0.2, 0.25) is 0 Å². The van der Waals surface area contributed by atoms with Crippen molar-refractivity contribution in [1.82, 2.24) is 0 Å². The molecular weight excluding hydrogens is 356 g/mol. The van der Waals surface area contributed by atoms with E-state index in [9.17, 15) is 5.11 Å². The van der Waals surface area contributed by atoms with Crippen LogP contribution in [-0.2, 0) is 5.41 Å². The summed E-state index contributed by atoms with van der Waals surface area (Å²) in [6.45, 7) is 0. The lowest BCUT2D eigenvalue weighted by molar-refractivity contribution is -0.00611. The second-order valence-corrected chi connectivity index (χ2v) is 9.79. The molecule has 0 atom stereocenters. The fraction of sp³-hybridized carbons (Fsp3) is 0.407. The highest BCUT2D eigenvalue weighted by molar-refractivity contribution is 6.00. The van der Waals surface area contributed by atoms with Gasteiger partial charge in [-0.2, -0.15) is 0 Å². The molecule has 7 rings (SSSR count). The van der Waals surface area contributed by atoms with E-state index in [0.29, 0.717) is 5.75 Å². The number of hydrogen-bond acceptors (Lipinski definition) is 2. The number of hydrogen-bond donors (Lipinski definition) is 1. The Bertz CT molecular complexity index is 1060. The minimum atomic E-state index is 0.192. The molecule has 0 aliphatic heterocycles. The Morgan fingerprint density at radius 1 is 0.828 bits per heavy atom. The number of phenolic OH excluding ortho intramolecular Hbond substituents is 1. The van der Waals surface area contributed by atoms with Crippen molar-refractivity contribution in [3.8, 4) is 22.6 Å². The van der Waals surface area contributed by atoms with Gasteiger partial charge in [-0.15, -0.1) is 0 Å². The summed E-state index contributed by atoms with van der Waals surface area (Å²) in [6.07, 6.45) is 8.05. The molecule has 1 N–H and O–H groups in total. The topological polar surface area (TPSA) is 29.5 Å². The van der Waals surface area contributed by atoms with E-state index in [2.05, 4.69) is 48.5 Å². The van der Waals surface area contributed by atoms with Crippen molar-refractivity contribution in [2.24, 2.45) is 17.8 Å². The van der Waals surface area contributed by atoms with Crippen LogP contribution in [-0.4, -0.2) is 12.2 Å². The Morgan fingerprint density at radius 2 is 1.48 bits per heavy atom. The molecule has 2 heteroatoms. The van der Waals surface area contributed by atoms with Crippen LogP contribution in [0.25, 0.3) is 21.9 Å². The van der Waals surface area contributed by atoms with Gasteiger partial charge >= 0.3 is 0 Å². The monoisotopic (exact) mass is 384 g/mol. The Balaban J connectivity index is 1.50. The molecule has 0 aromatic heterocycles. The average Bonchev–Trinajstić information content (AvgIpc) is 2.72. The number of ether oxygens (including phenoxy) is 1. The Morgan fingerprint density at radius 3 is 2.14 bits per heavy atom. The number of rotatable bonds is 3. The highest BCUT2D eigenvalue weighted by Crippen LogP contribution is 2.62. The lowest BCUT2D eigenvalue weighted by Gasteiger charge is -2.57. The van der Waals surface area contributed by atoms with Crippen LogP contribution in [0.4, 0.5) is 0 Å². The van der Waals surface area contributed by atoms with Gasteiger partial charge in [0.1, 0.15) is 11.5 Å². The van der Waals surface area contributed by atoms with E-state index in [0.717, 1.165) is 28.9 Å². The van der Waals surface area contributed by atoms with Crippen LogP contribution < -0.4 is 4.74 Å². The van der Waals surface area contributed by atoms with Crippen LogP contribution >= 0.6 is 0 Å². The van der Waals surface area contributed by atoms with Crippen LogP contribution in [0.5, 0.6) is 11.5 Å². The number of benzene rings is 3. The maximum absolute atomic E-state index is 10.9. The average molecular weight is 385 g/mol. The largest absolute Gasteiger partial charge is 0.508 e. The first-order valence-corrected chi connectivity index (χ1v) is 11.0. The third-order valence-corrected chi connectivity index (χ3v) is 8.02. The molecule has 4 saturated carbocycles. The van der Waals surface area contributed by atoms with Crippen molar-refractivity contribution in [3.05, 3.63) is 60.2 Å². The third kappa shape index (κ3) is 2.61. The molecule has 0 radical (unpaired) electrons. The molecule has 29 heavy (non-hydrogen) atoms. The first kappa shape index (κ1) is 17.4. The Labute approximate surface area is 172 Å². The summed E-state index contributed by atoms with van der Waals surface area (Å²) in [5, 5.41) is 13.3. The number of phenols is 1. The summed E-state index contributed by atoms with van der Waals surface area (Å²) in [4.78, 5) is 0. The molecule has 4 aliphatic carbocycles. The molecule has 4 fully saturated rings. The molecule has 4 bridgehead atoms. The van der Waals surface area contributed by atoms with Crippen molar-refractivity contribution < 1.29 is 9.84 Å². The number of fused-ring (bicyclic) bond motifs is 1. The van der Waals surface area contributed by atoms with Gasteiger partial charge in [0.25, 0.3) is 0 Å². The first-order chi connectivity index (χ1) is 14.1. The second-order valence-electron chi connectivity index (χ2n) is 9.79. The highest BCUT2D eigenvalue weighted by atomic mass is 16.5. The summed E-state index contributed by atoms with van der Waals surface area (Å²) in [6, 6.07) is 19.0. The molecule has 0 amide bonds. The summed E-state index contributed by atoms with van der Waals surface area (Å²) in [7, 11) is 1.73. The summed E-state index contributed by atoms with van der Waals surface area (Å²) in [5.41, 5.74) is 3.81. The summed E-state index contributed by atoms with van der Waals surface area (Å²) >= 11 is 0. The van der Waals surface area contributed by atoms with Gasteiger partial charge in [-0.25, -0.2) is 0 Å². The van der Waals surface area contributed by atoms with E-state index in [1.807, 2.05) is 6.07 Å². The van der Waals surface area contributed by atoms with Crippen LogP contribution in [0, 0.1) is 17.8 Å². The van der Waals surface area contributed by atoms with Crippen molar-refractivity contribution in [2.75, 3.05) is 7.11 Å².